The predicted octanol–water partition coefficient (Wildman–Crippen LogP) is 2.78. The Morgan fingerprint density at radius 3 is 2.47 bits per heavy atom. The fraction of sp³-hybridized carbons (Fsp3) is 0.222. The third-order valence-corrected chi connectivity index (χ3v) is 2.44. The van der Waals surface area contributed by atoms with Crippen molar-refractivity contribution in [1.82, 2.24) is 10.7 Å². The Labute approximate surface area is 106 Å². The van der Waals surface area contributed by atoms with Crippen LogP contribution in [0.2, 0.25) is 5.02 Å². The Bertz CT molecular complexity index is 422. The highest BCUT2D eigenvalue weighted by atomic mass is 35.5. The second kappa shape index (κ2) is 5.42. The summed E-state index contributed by atoms with van der Waals surface area (Å²) >= 11 is 10.3. The van der Waals surface area contributed by atoms with E-state index in [1.807, 2.05) is 0 Å². The smallest absolute Gasteiger partial charge is 0.364 e. The number of benzene rings is 1. The molecule has 0 radical (unpaired) electrons. The van der Waals surface area contributed by atoms with Crippen molar-refractivity contribution < 1.29 is 13.2 Å². The van der Waals surface area contributed by atoms with Crippen LogP contribution in [0.4, 0.5) is 18.9 Å². The lowest BCUT2D eigenvalue weighted by Gasteiger charge is -2.13. The summed E-state index contributed by atoms with van der Waals surface area (Å²) in [5.41, 5.74) is 4.68. The van der Waals surface area contributed by atoms with Crippen LogP contribution in [0.15, 0.2) is 18.2 Å². The quantitative estimate of drug-likeness (QED) is 0.576. The molecule has 0 aliphatic heterocycles. The number of alkyl halides is 3. The van der Waals surface area contributed by atoms with Crippen molar-refractivity contribution in [2.24, 2.45) is 0 Å². The predicted molar refractivity (Wildman–Crippen MR) is 64.9 cm³/mol. The van der Waals surface area contributed by atoms with E-state index in [0.717, 1.165) is 12.1 Å². The number of nitrogens with one attached hydrogen (secondary N) is 3. The van der Waals surface area contributed by atoms with Gasteiger partial charge in [0.15, 0.2) is 5.11 Å². The maximum atomic E-state index is 12.4. The Balaban J connectivity index is 2.79. The minimum absolute atomic E-state index is 0.307. The standard InChI is InChI=1S/C9H9ClF3N3S/c1-14-8(17)16-15-5-2-3-6(7(10)4-5)9(11,12)13/h2-4,15H,1H3,(H2,14,16,17). The molecule has 0 bridgehead atoms. The summed E-state index contributed by atoms with van der Waals surface area (Å²) in [6.45, 7) is 0. The van der Waals surface area contributed by atoms with E-state index in [-0.39, 0.29) is 5.02 Å². The fourth-order valence-corrected chi connectivity index (χ4v) is 1.35. The Kier molecular flexibility index (Phi) is 4.41. The second-order valence-electron chi connectivity index (χ2n) is 3.02. The molecule has 94 valence electrons. The van der Waals surface area contributed by atoms with Gasteiger partial charge in [-0.3, -0.25) is 10.9 Å². The molecule has 0 heterocycles. The number of hydrogen-bond acceptors (Lipinski definition) is 2. The monoisotopic (exact) mass is 283 g/mol. The molecule has 0 saturated carbocycles. The average Bonchev–Trinajstić information content (AvgIpc) is 2.24. The van der Waals surface area contributed by atoms with Gasteiger partial charge < -0.3 is 5.32 Å². The van der Waals surface area contributed by atoms with Gasteiger partial charge in [-0.15, -0.1) is 0 Å². The third kappa shape index (κ3) is 3.94. The summed E-state index contributed by atoms with van der Waals surface area (Å²) in [6, 6.07) is 3.31. The van der Waals surface area contributed by atoms with Gasteiger partial charge in [-0.1, -0.05) is 11.6 Å². The van der Waals surface area contributed by atoms with Gasteiger partial charge in [-0.05, 0) is 30.4 Å². The molecule has 17 heavy (non-hydrogen) atoms. The van der Waals surface area contributed by atoms with E-state index in [1.165, 1.54) is 6.07 Å². The molecule has 0 atom stereocenters. The van der Waals surface area contributed by atoms with Crippen molar-refractivity contribution >= 4 is 34.6 Å². The number of thiocarbonyl (C=S) groups is 1. The van der Waals surface area contributed by atoms with E-state index in [9.17, 15) is 13.2 Å². The van der Waals surface area contributed by atoms with Gasteiger partial charge in [0.05, 0.1) is 16.3 Å². The SMILES string of the molecule is CNC(=S)NNc1ccc(C(F)(F)F)c(Cl)c1. The van der Waals surface area contributed by atoms with Crippen LogP contribution >= 0.6 is 23.8 Å². The van der Waals surface area contributed by atoms with Gasteiger partial charge in [0.2, 0.25) is 0 Å². The first-order valence-electron chi connectivity index (χ1n) is 4.45. The van der Waals surface area contributed by atoms with Crippen LogP contribution in [0.25, 0.3) is 0 Å². The molecule has 0 aliphatic rings. The lowest BCUT2D eigenvalue weighted by atomic mass is 10.2. The molecular formula is C9H9ClF3N3S. The van der Waals surface area contributed by atoms with E-state index in [2.05, 4.69) is 16.2 Å². The van der Waals surface area contributed by atoms with Gasteiger partial charge in [0, 0.05) is 7.05 Å². The van der Waals surface area contributed by atoms with Crippen molar-refractivity contribution in [2.75, 3.05) is 12.5 Å². The molecule has 1 rings (SSSR count). The van der Waals surface area contributed by atoms with E-state index in [1.54, 1.807) is 7.05 Å². The van der Waals surface area contributed by atoms with Crippen molar-refractivity contribution in [2.45, 2.75) is 6.18 Å². The molecule has 0 aromatic heterocycles. The zero-order chi connectivity index (χ0) is 13.1. The summed E-state index contributed by atoms with van der Waals surface area (Å²) < 4.78 is 37.2. The molecule has 0 fully saturated rings. The zero-order valence-corrected chi connectivity index (χ0v) is 10.2. The normalized spacial score (nSPS) is 10.9. The largest absolute Gasteiger partial charge is 0.417 e. The van der Waals surface area contributed by atoms with Crippen LogP contribution < -0.4 is 16.2 Å². The molecule has 0 unspecified atom stereocenters. The highest BCUT2D eigenvalue weighted by Gasteiger charge is 2.32. The summed E-state index contributed by atoms with van der Waals surface area (Å²) in [7, 11) is 1.61. The first-order chi connectivity index (χ1) is 7.84. The summed E-state index contributed by atoms with van der Waals surface area (Å²) in [6.07, 6.45) is -4.46. The molecule has 0 saturated heterocycles. The van der Waals surface area contributed by atoms with Crippen molar-refractivity contribution in [3.8, 4) is 0 Å². The maximum Gasteiger partial charge on any atom is 0.417 e. The molecule has 0 spiro atoms. The Morgan fingerprint density at radius 1 is 1.35 bits per heavy atom. The topological polar surface area (TPSA) is 36.1 Å². The average molecular weight is 284 g/mol. The Morgan fingerprint density at radius 2 is 2.00 bits per heavy atom. The van der Waals surface area contributed by atoms with Gasteiger partial charge >= 0.3 is 6.18 Å². The van der Waals surface area contributed by atoms with E-state index < -0.39 is 11.7 Å². The highest BCUT2D eigenvalue weighted by molar-refractivity contribution is 7.80. The van der Waals surface area contributed by atoms with Crippen LogP contribution in [0.3, 0.4) is 0 Å². The number of rotatable bonds is 2. The van der Waals surface area contributed by atoms with E-state index in [4.69, 9.17) is 23.8 Å². The first kappa shape index (κ1) is 13.9. The summed E-state index contributed by atoms with van der Waals surface area (Å²) in [5, 5.41) is 2.56. The van der Waals surface area contributed by atoms with Gasteiger partial charge in [-0.25, -0.2) is 0 Å². The lowest BCUT2D eigenvalue weighted by Crippen LogP contribution is -2.36. The van der Waals surface area contributed by atoms with Gasteiger partial charge in [-0.2, -0.15) is 13.2 Å². The Hall–Kier alpha value is -1.21. The maximum absolute atomic E-state index is 12.4. The minimum Gasteiger partial charge on any atom is -0.364 e. The zero-order valence-electron chi connectivity index (χ0n) is 8.65. The first-order valence-corrected chi connectivity index (χ1v) is 5.23. The van der Waals surface area contributed by atoms with Crippen LogP contribution in [0, 0.1) is 0 Å². The highest BCUT2D eigenvalue weighted by Crippen LogP contribution is 2.35. The molecule has 8 heteroatoms. The molecule has 3 N–H and O–H groups in total. The number of hydrazine groups is 1. The van der Waals surface area contributed by atoms with Crippen molar-refractivity contribution in [1.29, 1.82) is 0 Å². The van der Waals surface area contributed by atoms with Gasteiger partial charge in [0.1, 0.15) is 0 Å². The third-order valence-electron chi connectivity index (χ3n) is 1.82. The van der Waals surface area contributed by atoms with E-state index in [0.29, 0.717) is 10.8 Å². The lowest BCUT2D eigenvalue weighted by molar-refractivity contribution is -0.137. The number of halogens is 4. The molecule has 1 aromatic rings. The van der Waals surface area contributed by atoms with Crippen LogP contribution in [-0.4, -0.2) is 12.2 Å². The van der Waals surface area contributed by atoms with Crippen molar-refractivity contribution in [3.63, 3.8) is 0 Å². The van der Waals surface area contributed by atoms with Crippen LogP contribution in [0.5, 0.6) is 0 Å². The minimum atomic E-state index is -4.46. The number of hydrogen-bond donors (Lipinski definition) is 3. The summed E-state index contributed by atoms with van der Waals surface area (Å²) in [4.78, 5) is 0. The molecule has 3 nitrogen and oxygen atoms in total. The van der Waals surface area contributed by atoms with E-state index >= 15 is 0 Å². The molecule has 0 aliphatic carbocycles. The molecule has 0 amide bonds. The molecular weight excluding hydrogens is 275 g/mol. The number of anilines is 1. The fourth-order valence-electron chi connectivity index (χ4n) is 1.01. The summed E-state index contributed by atoms with van der Waals surface area (Å²) in [5.74, 6) is 0. The van der Waals surface area contributed by atoms with Crippen LogP contribution in [-0.2, 0) is 6.18 Å². The van der Waals surface area contributed by atoms with Gasteiger partial charge in [0.25, 0.3) is 0 Å². The van der Waals surface area contributed by atoms with Crippen LogP contribution in [0.1, 0.15) is 5.56 Å². The second-order valence-corrected chi connectivity index (χ2v) is 3.84. The van der Waals surface area contributed by atoms with Crippen molar-refractivity contribution in [3.05, 3.63) is 28.8 Å². The molecule has 1 aromatic carbocycles.